The summed E-state index contributed by atoms with van der Waals surface area (Å²) in [5, 5.41) is 11.9. The summed E-state index contributed by atoms with van der Waals surface area (Å²) in [4.78, 5) is 23.9. The second-order valence-electron chi connectivity index (χ2n) is 5.58. The summed E-state index contributed by atoms with van der Waals surface area (Å²) < 4.78 is 5.05. The number of ether oxygens (including phenoxy) is 1. The van der Waals surface area contributed by atoms with Gasteiger partial charge in [-0.3, -0.25) is 10.1 Å². The lowest BCUT2D eigenvalue weighted by atomic mass is 10.0. The van der Waals surface area contributed by atoms with Crippen LogP contribution in [0.3, 0.4) is 0 Å². The highest BCUT2D eigenvalue weighted by molar-refractivity contribution is 5.88. The first kappa shape index (κ1) is 15.2. The van der Waals surface area contributed by atoms with E-state index in [0.29, 0.717) is 0 Å². The molecule has 0 heterocycles. The topological polar surface area (TPSA) is 69.4 Å². The molecule has 0 spiro atoms. The summed E-state index contributed by atoms with van der Waals surface area (Å²) in [7, 11) is 0. The average molecular weight is 311 g/mol. The summed E-state index contributed by atoms with van der Waals surface area (Å²) in [6.45, 7) is 1.78. The van der Waals surface area contributed by atoms with E-state index in [9.17, 15) is 14.9 Å². The van der Waals surface area contributed by atoms with E-state index in [0.717, 1.165) is 11.1 Å². The summed E-state index contributed by atoms with van der Waals surface area (Å²) >= 11 is 0. The minimum atomic E-state index is -1.74. The fourth-order valence-electron chi connectivity index (χ4n) is 3.39. The molecule has 1 aliphatic rings. The molecule has 0 N–H and O–H groups in total. The Balaban J connectivity index is 2.11. The molecule has 0 radical (unpaired) electrons. The molecule has 0 saturated heterocycles. The molecule has 5 heteroatoms. The van der Waals surface area contributed by atoms with Crippen LogP contribution in [-0.4, -0.2) is 23.0 Å². The molecule has 118 valence electrons. The lowest BCUT2D eigenvalue weighted by molar-refractivity contribution is -0.528. The predicted molar refractivity (Wildman–Crippen MR) is 84.7 cm³/mol. The van der Waals surface area contributed by atoms with Crippen molar-refractivity contribution >= 4 is 5.97 Å². The zero-order chi connectivity index (χ0) is 16.4. The molecular formula is C18H17NO4. The van der Waals surface area contributed by atoms with Gasteiger partial charge in [0.2, 0.25) is 0 Å². The van der Waals surface area contributed by atoms with Gasteiger partial charge in [-0.05, 0) is 18.1 Å². The van der Waals surface area contributed by atoms with Crippen molar-refractivity contribution in [3.63, 3.8) is 0 Å². The number of rotatable bonds is 5. The van der Waals surface area contributed by atoms with E-state index in [1.807, 2.05) is 60.7 Å². The van der Waals surface area contributed by atoms with Gasteiger partial charge in [0.1, 0.15) is 0 Å². The van der Waals surface area contributed by atoms with E-state index in [-0.39, 0.29) is 6.61 Å². The van der Waals surface area contributed by atoms with Gasteiger partial charge in [0.15, 0.2) is 0 Å². The van der Waals surface area contributed by atoms with Gasteiger partial charge in [0.25, 0.3) is 0 Å². The van der Waals surface area contributed by atoms with Gasteiger partial charge >= 0.3 is 11.5 Å². The number of nitrogens with zero attached hydrogens (tertiary/aromatic N) is 1. The number of nitro groups is 1. The maximum Gasteiger partial charge on any atom is 0.386 e. The molecule has 0 aliphatic heterocycles. The van der Waals surface area contributed by atoms with Crippen LogP contribution < -0.4 is 0 Å². The quantitative estimate of drug-likeness (QED) is 0.483. The van der Waals surface area contributed by atoms with Crippen LogP contribution in [0.4, 0.5) is 0 Å². The molecule has 3 rings (SSSR count). The minimum absolute atomic E-state index is 0.122. The maximum absolute atomic E-state index is 12.5. The van der Waals surface area contributed by atoms with Crippen LogP contribution in [0.25, 0.3) is 0 Å². The summed E-state index contributed by atoms with van der Waals surface area (Å²) in [6, 6.07) is 18.3. The Morgan fingerprint density at radius 1 is 1.04 bits per heavy atom. The van der Waals surface area contributed by atoms with E-state index in [4.69, 9.17) is 4.74 Å². The van der Waals surface area contributed by atoms with E-state index in [2.05, 4.69) is 0 Å². The Labute approximate surface area is 134 Å². The van der Waals surface area contributed by atoms with Gasteiger partial charge in [-0.15, -0.1) is 0 Å². The van der Waals surface area contributed by atoms with Crippen molar-refractivity contribution in [3.8, 4) is 0 Å². The summed E-state index contributed by atoms with van der Waals surface area (Å²) in [5.74, 6) is -1.78. The first-order valence-electron chi connectivity index (χ1n) is 7.55. The van der Waals surface area contributed by atoms with E-state index in [1.54, 1.807) is 6.92 Å². The minimum Gasteiger partial charge on any atom is -0.461 e. The van der Waals surface area contributed by atoms with Crippen molar-refractivity contribution in [2.24, 2.45) is 0 Å². The van der Waals surface area contributed by atoms with Crippen molar-refractivity contribution in [1.82, 2.24) is 0 Å². The molecule has 2 unspecified atom stereocenters. The Kier molecular flexibility index (Phi) is 3.86. The SMILES string of the molecule is CCOC(=O)C1([N+](=O)[O-])C(c2ccccc2)C1c1ccccc1. The van der Waals surface area contributed by atoms with Crippen LogP contribution in [0.5, 0.6) is 0 Å². The van der Waals surface area contributed by atoms with E-state index >= 15 is 0 Å². The first-order chi connectivity index (χ1) is 11.1. The first-order valence-corrected chi connectivity index (χ1v) is 7.55. The highest BCUT2D eigenvalue weighted by Gasteiger charge is 2.82. The van der Waals surface area contributed by atoms with Crippen molar-refractivity contribution in [3.05, 3.63) is 81.9 Å². The molecule has 2 atom stereocenters. The number of hydrogen-bond acceptors (Lipinski definition) is 4. The molecule has 5 nitrogen and oxygen atoms in total. The zero-order valence-corrected chi connectivity index (χ0v) is 12.7. The lowest BCUT2D eigenvalue weighted by Gasteiger charge is -2.09. The third-order valence-electron chi connectivity index (χ3n) is 4.39. The van der Waals surface area contributed by atoms with Crippen LogP contribution >= 0.6 is 0 Å². The van der Waals surface area contributed by atoms with Crippen LogP contribution in [0.2, 0.25) is 0 Å². The molecule has 1 aliphatic carbocycles. The Morgan fingerprint density at radius 3 is 1.83 bits per heavy atom. The van der Waals surface area contributed by atoms with Crippen LogP contribution in [0.1, 0.15) is 29.9 Å². The van der Waals surface area contributed by atoms with Crippen molar-refractivity contribution < 1.29 is 14.5 Å². The van der Waals surface area contributed by atoms with E-state index < -0.39 is 28.3 Å². The third-order valence-corrected chi connectivity index (χ3v) is 4.39. The number of carbonyl (C=O) groups excluding carboxylic acids is 1. The molecule has 2 aromatic carbocycles. The summed E-state index contributed by atoms with van der Waals surface area (Å²) in [6.07, 6.45) is 0. The van der Waals surface area contributed by atoms with Crippen molar-refractivity contribution in [2.75, 3.05) is 6.61 Å². The normalized spacial score (nSPS) is 25.6. The molecule has 0 bridgehead atoms. The molecule has 2 aromatic rings. The van der Waals surface area contributed by atoms with Gasteiger partial charge in [-0.1, -0.05) is 60.7 Å². The highest BCUT2D eigenvalue weighted by atomic mass is 16.6. The number of hydrogen-bond donors (Lipinski definition) is 0. The summed E-state index contributed by atoms with van der Waals surface area (Å²) in [5.41, 5.74) is -0.171. The zero-order valence-electron chi connectivity index (χ0n) is 12.7. The van der Waals surface area contributed by atoms with Gasteiger partial charge in [0, 0.05) is 4.92 Å². The lowest BCUT2D eigenvalue weighted by Crippen LogP contribution is -2.37. The molecule has 0 aromatic heterocycles. The van der Waals surface area contributed by atoms with Crippen LogP contribution in [0, 0.1) is 10.1 Å². The Bertz CT molecular complexity index is 669. The van der Waals surface area contributed by atoms with E-state index in [1.165, 1.54) is 0 Å². The molecule has 1 fully saturated rings. The second-order valence-corrected chi connectivity index (χ2v) is 5.58. The van der Waals surface area contributed by atoms with Crippen molar-refractivity contribution in [2.45, 2.75) is 24.3 Å². The maximum atomic E-state index is 12.5. The largest absolute Gasteiger partial charge is 0.461 e. The molecule has 1 saturated carbocycles. The average Bonchev–Trinajstić information content (AvgIpc) is 3.28. The van der Waals surface area contributed by atoms with Gasteiger partial charge in [0.05, 0.1) is 18.4 Å². The number of carbonyl (C=O) groups is 1. The standard InChI is InChI=1S/C18H17NO4/c1-2-23-17(20)18(19(21)22)15(13-9-5-3-6-10-13)16(18)14-11-7-4-8-12-14/h3-12,15-16H,2H2,1H3. The predicted octanol–water partition coefficient (Wildman–Crippen LogP) is 3.15. The van der Waals surface area contributed by atoms with Crippen LogP contribution in [-0.2, 0) is 9.53 Å². The number of esters is 1. The monoisotopic (exact) mass is 311 g/mol. The van der Waals surface area contributed by atoms with Crippen LogP contribution in [0.15, 0.2) is 60.7 Å². The van der Waals surface area contributed by atoms with Gasteiger partial charge in [-0.25, -0.2) is 4.79 Å². The van der Waals surface area contributed by atoms with Gasteiger partial charge < -0.3 is 4.74 Å². The smallest absolute Gasteiger partial charge is 0.386 e. The fraction of sp³-hybridized carbons (Fsp3) is 0.278. The highest BCUT2D eigenvalue weighted by Crippen LogP contribution is 2.65. The second kappa shape index (κ2) is 5.83. The van der Waals surface area contributed by atoms with Crippen molar-refractivity contribution in [1.29, 1.82) is 0 Å². The molecule has 0 amide bonds. The fourth-order valence-corrected chi connectivity index (χ4v) is 3.39. The Morgan fingerprint density at radius 2 is 1.48 bits per heavy atom. The molecule has 23 heavy (non-hydrogen) atoms. The third kappa shape index (κ3) is 2.29. The molecular weight excluding hydrogens is 294 g/mol. The van der Waals surface area contributed by atoms with Gasteiger partial charge in [-0.2, -0.15) is 0 Å². The number of benzene rings is 2. The Hall–Kier alpha value is -2.69.